The normalized spacial score (nSPS) is 11.6. The number of hydrogen-bond acceptors (Lipinski definition) is 6. The number of aromatic hydroxyl groups is 1. The lowest BCUT2D eigenvalue weighted by molar-refractivity contribution is -0.385. The number of phenols is 1. The van der Waals surface area contributed by atoms with Gasteiger partial charge in [-0.3, -0.25) is 10.1 Å². The highest BCUT2D eigenvalue weighted by molar-refractivity contribution is 7.90. The second-order valence-electron chi connectivity index (χ2n) is 4.87. The molecular weight excluding hydrogens is 336 g/mol. The minimum atomic E-state index is -4.00. The van der Waals surface area contributed by atoms with Crippen LogP contribution in [0, 0.1) is 17.0 Å². The molecule has 0 fully saturated rings. The Labute approximate surface area is 138 Å². The first-order chi connectivity index (χ1) is 11.2. The molecule has 2 aromatic carbocycles. The zero-order valence-electron chi connectivity index (χ0n) is 12.8. The fraction of sp³-hybridized carbons (Fsp3) is 0.133. The van der Waals surface area contributed by atoms with Crippen molar-refractivity contribution in [3.05, 3.63) is 57.6 Å². The Morgan fingerprint density at radius 2 is 1.88 bits per heavy atom. The predicted octanol–water partition coefficient (Wildman–Crippen LogP) is 2.43. The van der Waals surface area contributed by atoms with Crippen molar-refractivity contribution in [3.8, 4) is 11.5 Å². The lowest BCUT2D eigenvalue weighted by atomic mass is 10.2. The summed E-state index contributed by atoms with van der Waals surface area (Å²) in [5.41, 5.74) is 0.384. The van der Waals surface area contributed by atoms with E-state index in [1.54, 1.807) is 12.1 Å². The second-order valence-corrected chi connectivity index (χ2v) is 6.50. The van der Waals surface area contributed by atoms with E-state index in [4.69, 9.17) is 4.74 Å². The number of methoxy groups -OCH3 is 1. The standard InChI is InChI=1S/C15H14N2O6S/c1-10-3-5-13(6-4-10)24(21,22)16-9-11-7-12(17(19)20)8-14(23-2)15(11)18/h3-9,18H,1-2H3/b16-9-. The lowest BCUT2D eigenvalue weighted by Crippen LogP contribution is -1.99. The molecule has 0 amide bonds. The molecule has 9 heteroatoms. The van der Waals surface area contributed by atoms with E-state index in [1.807, 2.05) is 6.92 Å². The molecule has 0 radical (unpaired) electrons. The van der Waals surface area contributed by atoms with Crippen molar-refractivity contribution in [3.63, 3.8) is 0 Å². The fourth-order valence-corrected chi connectivity index (χ4v) is 2.73. The highest BCUT2D eigenvalue weighted by Gasteiger charge is 2.17. The molecule has 2 rings (SSSR count). The summed E-state index contributed by atoms with van der Waals surface area (Å²) in [7, 11) is -2.77. The van der Waals surface area contributed by atoms with E-state index in [0.717, 1.165) is 23.9 Å². The number of sulfonamides is 1. The summed E-state index contributed by atoms with van der Waals surface area (Å²) in [6, 6.07) is 8.07. The Morgan fingerprint density at radius 3 is 2.42 bits per heavy atom. The van der Waals surface area contributed by atoms with Gasteiger partial charge in [-0.15, -0.1) is 0 Å². The predicted molar refractivity (Wildman–Crippen MR) is 87.3 cm³/mol. The van der Waals surface area contributed by atoms with E-state index in [9.17, 15) is 23.6 Å². The second kappa shape index (κ2) is 6.67. The molecule has 24 heavy (non-hydrogen) atoms. The average molecular weight is 350 g/mol. The molecule has 8 nitrogen and oxygen atoms in total. The van der Waals surface area contributed by atoms with E-state index in [0.29, 0.717) is 0 Å². The molecule has 2 aromatic rings. The van der Waals surface area contributed by atoms with Crippen molar-refractivity contribution < 1.29 is 23.2 Å². The average Bonchev–Trinajstić information content (AvgIpc) is 2.54. The van der Waals surface area contributed by atoms with Gasteiger partial charge < -0.3 is 9.84 Å². The van der Waals surface area contributed by atoms with Gasteiger partial charge in [-0.1, -0.05) is 17.7 Å². The first kappa shape index (κ1) is 17.4. The van der Waals surface area contributed by atoms with Crippen LogP contribution in [0.5, 0.6) is 11.5 Å². The van der Waals surface area contributed by atoms with Gasteiger partial charge in [0.25, 0.3) is 15.7 Å². The van der Waals surface area contributed by atoms with Gasteiger partial charge in [-0.2, -0.15) is 12.8 Å². The van der Waals surface area contributed by atoms with Crippen LogP contribution in [0.25, 0.3) is 0 Å². The van der Waals surface area contributed by atoms with Crippen LogP contribution in [0.4, 0.5) is 5.69 Å². The van der Waals surface area contributed by atoms with Crippen LogP contribution in [0.2, 0.25) is 0 Å². The van der Waals surface area contributed by atoms with E-state index in [-0.39, 0.29) is 21.9 Å². The first-order valence-electron chi connectivity index (χ1n) is 6.67. The number of rotatable bonds is 5. The fourth-order valence-electron chi connectivity index (χ4n) is 1.87. The molecule has 0 aliphatic carbocycles. The summed E-state index contributed by atoms with van der Waals surface area (Å²) < 4.78 is 32.6. The molecule has 0 bridgehead atoms. The molecule has 0 saturated heterocycles. The maximum absolute atomic E-state index is 12.2. The summed E-state index contributed by atoms with van der Waals surface area (Å²) in [4.78, 5) is 10.2. The van der Waals surface area contributed by atoms with Crippen LogP contribution in [-0.4, -0.2) is 31.8 Å². The van der Waals surface area contributed by atoms with Crippen LogP contribution >= 0.6 is 0 Å². The maximum Gasteiger partial charge on any atom is 0.282 e. The number of nitro groups is 1. The van der Waals surface area contributed by atoms with Crippen molar-refractivity contribution >= 4 is 21.9 Å². The van der Waals surface area contributed by atoms with Crippen LogP contribution in [-0.2, 0) is 10.0 Å². The van der Waals surface area contributed by atoms with Gasteiger partial charge in [-0.05, 0) is 19.1 Å². The summed E-state index contributed by atoms with van der Waals surface area (Å²) in [6.07, 6.45) is 0.847. The molecule has 0 unspecified atom stereocenters. The molecule has 1 N–H and O–H groups in total. The molecule has 0 aliphatic heterocycles. The monoisotopic (exact) mass is 350 g/mol. The van der Waals surface area contributed by atoms with Gasteiger partial charge in [0.2, 0.25) is 0 Å². The van der Waals surface area contributed by atoms with Gasteiger partial charge in [0.05, 0.1) is 29.2 Å². The number of benzene rings is 2. The van der Waals surface area contributed by atoms with E-state index >= 15 is 0 Å². The Morgan fingerprint density at radius 1 is 1.25 bits per heavy atom. The quantitative estimate of drug-likeness (QED) is 0.502. The van der Waals surface area contributed by atoms with Gasteiger partial charge in [0.1, 0.15) is 0 Å². The van der Waals surface area contributed by atoms with Crippen molar-refractivity contribution in [1.29, 1.82) is 0 Å². The Bertz CT molecular complexity index is 904. The van der Waals surface area contributed by atoms with E-state index < -0.39 is 20.7 Å². The zero-order chi connectivity index (χ0) is 17.9. The van der Waals surface area contributed by atoms with Gasteiger partial charge in [0.15, 0.2) is 11.5 Å². The lowest BCUT2D eigenvalue weighted by Gasteiger charge is -2.06. The summed E-state index contributed by atoms with van der Waals surface area (Å²) in [5, 5.41) is 20.9. The van der Waals surface area contributed by atoms with Crippen molar-refractivity contribution in [2.45, 2.75) is 11.8 Å². The van der Waals surface area contributed by atoms with Crippen LogP contribution in [0.15, 0.2) is 45.7 Å². The number of nitro benzene ring substituents is 1. The van der Waals surface area contributed by atoms with E-state index in [2.05, 4.69) is 4.40 Å². The topological polar surface area (TPSA) is 119 Å². The maximum atomic E-state index is 12.2. The number of non-ortho nitro benzene ring substituents is 1. The highest BCUT2D eigenvalue weighted by atomic mass is 32.2. The van der Waals surface area contributed by atoms with Crippen LogP contribution in [0.3, 0.4) is 0 Å². The van der Waals surface area contributed by atoms with Crippen molar-refractivity contribution in [2.24, 2.45) is 4.40 Å². The third kappa shape index (κ3) is 3.69. The molecule has 126 valence electrons. The van der Waals surface area contributed by atoms with Gasteiger partial charge in [-0.25, -0.2) is 0 Å². The number of hydrogen-bond donors (Lipinski definition) is 1. The number of nitrogens with zero attached hydrogens (tertiary/aromatic N) is 2. The van der Waals surface area contributed by atoms with E-state index in [1.165, 1.54) is 19.2 Å². The third-order valence-corrected chi connectivity index (χ3v) is 4.42. The zero-order valence-corrected chi connectivity index (χ0v) is 13.6. The largest absolute Gasteiger partial charge is 0.504 e. The third-order valence-electron chi connectivity index (χ3n) is 3.17. The van der Waals surface area contributed by atoms with Crippen molar-refractivity contribution in [1.82, 2.24) is 0 Å². The molecule has 0 aromatic heterocycles. The Hall–Kier alpha value is -2.94. The molecular formula is C15H14N2O6S. The summed E-state index contributed by atoms with van der Waals surface area (Å²) >= 11 is 0. The minimum Gasteiger partial charge on any atom is -0.504 e. The Balaban J connectivity index is 2.46. The molecule has 0 atom stereocenters. The van der Waals surface area contributed by atoms with Crippen LogP contribution in [0.1, 0.15) is 11.1 Å². The SMILES string of the molecule is COc1cc([N+](=O)[O-])cc(/C=N\S(=O)(=O)c2ccc(C)cc2)c1O. The van der Waals surface area contributed by atoms with Crippen LogP contribution < -0.4 is 4.74 Å². The van der Waals surface area contributed by atoms with Gasteiger partial charge >= 0.3 is 0 Å². The Kier molecular flexibility index (Phi) is 4.84. The number of aryl methyl sites for hydroxylation is 1. The molecule has 0 aliphatic rings. The number of ether oxygens (including phenoxy) is 1. The molecule has 0 spiro atoms. The molecule has 0 heterocycles. The summed E-state index contributed by atoms with van der Waals surface area (Å²) in [5.74, 6) is -0.593. The minimum absolute atomic E-state index is 0.0266. The van der Waals surface area contributed by atoms with Crippen molar-refractivity contribution in [2.75, 3.05) is 7.11 Å². The van der Waals surface area contributed by atoms with Gasteiger partial charge in [0, 0.05) is 11.6 Å². The molecule has 0 saturated carbocycles. The number of phenolic OH excluding ortho intramolecular Hbond substituents is 1. The summed E-state index contributed by atoms with van der Waals surface area (Å²) in [6.45, 7) is 1.81. The first-order valence-corrected chi connectivity index (χ1v) is 8.11. The smallest absolute Gasteiger partial charge is 0.282 e. The highest BCUT2D eigenvalue weighted by Crippen LogP contribution is 2.33.